The minimum atomic E-state index is -4.43. The number of alkyl halides is 3. The topological polar surface area (TPSA) is 66.0 Å². The Balaban J connectivity index is 0.00000306. The number of piperazine rings is 1. The van der Waals surface area contributed by atoms with E-state index in [-0.39, 0.29) is 24.4 Å². The Hall–Kier alpha value is -3.01. The zero-order valence-corrected chi connectivity index (χ0v) is 18.9. The maximum Gasteiger partial charge on any atom is 0.417 e. The lowest BCUT2D eigenvalue weighted by Crippen LogP contribution is -2.49. The van der Waals surface area contributed by atoms with Gasteiger partial charge in [0.25, 0.3) is 5.91 Å². The number of amides is 2. The molecule has 1 aromatic heterocycles. The van der Waals surface area contributed by atoms with Crippen LogP contribution in [0.15, 0.2) is 36.5 Å². The van der Waals surface area contributed by atoms with E-state index in [2.05, 4.69) is 4.98 Å². The van der Waals surface area contributed by atoms with Crippen molar-refractivity contribution in [1.29, 1.82) is 0 Å². The van der Waals surface area contributed by atoms with Crippen LogP contribution in [0.25, 0.3) is 0 Å². The summed E-state index contributed by atoms with van der Waals surface area (Å²) in [5.74, 6) is 0.367. The molecule has 1 unspecified atom stereocenters. The molecule has 0 bridgehead atoms. The number of anilines is 2. The van der Waals surface area contributed by atoms with Crippen molar-refractivity contribution < 1.29 is 27.5 Å². The van der Waals surface area contributed by atoms with E-state index in [0.717, 1.165) is 12.3 Å². The van der Waals surface area contributed by atoms with Crippen LogP contribution >= 0.6 is 12.4 Å². The van der Waals surface area contributed by atoms with Crippen LogP contribution in [0.3, 0.4) is 0 Å². The largest absolute Gasteiger partial charge is 0.447 e. The summed E-state index contributed by atoms with van der Waals surface area (Å²) in [7, 11) is 0. The fourth-order valence-electron chi connectivity index (χ4n) is 4.00. The van der Waals surface area contributed by atoms with E-state index in [0.29, 0.717) is 55.4 Å². The Morgan fingerprint density at radius 3 is 2.27 bits per heavy atom. The number of pyridine rings is 1. The van der Waals surface area contributed by atoms with Gasteiger partial charge in [-0.15, -0.1) is 12.4 Å². The van der Waals surface area contributed by atoms with Gasteiger partial charge in [-0.1, -0.05) is 0 Å². The van der Waals surface area contributed by atoms with Gasteiger partial charge in [-0.2, -0.15) is 13.2 Å². The number of rotatable bonds is 3. The minimum Gasteiger partial charge on any atom is -0.447 e. The summed E-state index contributed by atoms with van der Waals surface area (Å²) in [4.78, 5) is 33.9. The average molecular weight is 485 g/mol. The predicted molar refractivity (Wildman–Crippen MR) is 119 cm³/mol. The van der Waals surface area contributed by atoms with Crippen LogP contribution in [-0.4, -0.2) is 60.7 Å². The van der Waals surface area contributed by atoms with Crippen LogP contribution in [0.2, 0.25) is 0 Å². The highest BCUT2D eigenvalue weighted by Gasteiger charge is 2.33. The Kier molecular flexibility index (Phi) is 7.06. The third-order valence-electron chi connectivity index (χ3n) is 5.72. The second-order valence-corrected chi connectivity index (χ2v) is 7.98. The van der Waals surface area contributed by atoms with E-state index >= 15 is 0 Å². The predicted octanol–water partition coefficient (Wildman–Crippen LogP) is 4.14. The highest BCUT2D eigenvalue weighted by Crippen LogP contribution is 2.31. The summed E-state index contributed by atoms with van der Waals surface area (Å²) in [5, 5.41) is 0. The highest BCUT2D eigenvalue weighted by atomic mass is 35.5. The molecule has 2 aliphatic rings. The maximum atomic E-state index is 12.9. The first-order valence-electron chi connectivity index (χ1n) is 10.3. The van der Waals surface area contributed by atoms with Gasteiger partial charge in [0, 0.05) is 43.6 Å². The fraction of sp³-hybridized carbons (Fsp3) is 0.409. The quantitative estimate of drug-likeness (QED) is 0.655. The molecule has 1 aromatic carbocycles. The lowest BCUT2D eigenvalue weighted by atomic mass is 10.1. The van der Waals surface area contributed by atoms with Gasteiger partial charge >= 0.3 is 12.3 Å². The first kappa shape index (κ1) is 24.6. The Morgan fingerprint density at radius 1 is 1.12 bits per heavy atom. The fourth-order valence-corrected chi connectivity index (χ4v) is 4.00. The zero-order chi connectivity index (χ0) is 23.0. The number of halogens is 4. The molecule has 0 aliphatic carbocycles. The van der Waals surface area contributed by atoms with Gasteiger partial charge < -0.3 is 14.5 Å². The van der Waals surface area contributed by atoms with Gasteiger partial charge in [0.2, 0.25) is 0 Å². The molecule has 7 nitrogen and oxygen atoms in total. The van der Waals surface area contributed by atoms with Crippen molar-refractivity contribution in [3.8, 4) is 0 Å². The summed E-state index contributed by atoms with van der Waals surface area (Å²) in [5.41, 5.74) is 0.855. The molecule has 2 fully saturated rings. The molecule has 11 heteroatoms. The number of benzene rings is 1. The Morgan fingerprint density at radius 2 is 1.76 bits per heavy atom. The smallest absolute Gasteiger partial charge is 0.417 e. The van der Waals surface area contributed by atoms with Crippen molar-refractivity contribution in [2.45, 2.75) is 26.1 Å². The molecule has 0 N–H and O–H groups in total. The van der Waals surface area contributed by atoms with Gasteiger partial charge in [-0.25, -0.2) is 9.78 Å². The van der Waals surface area contributed by atoms with Gasteiger partial charge in [-0.05, 0) is 49.7 Å². The van der Waals surface area contributed by atoms with E-state index < -0.39 is 17.8 Å². The van der Waals surface area contributed by atoms with Gasteiger partial charge in [0.05, 0.1) is 11.6 Å². The van der Waals surface area contributed by atoms with E-state index in [4.69, 9.17) is 4.74 Å². The second-order valence-electron chi connectivity index (χ2n) is 7.98. The number of aryl methyl sites for hydroxylation is 1. The van der Waals surface area contributed by atoms with E-state index in [1.54, 1.807) is 41.0 Å². The first-order chi connectivity index (χ1) is 15.1. The van der Waals surface area contributed by atoms with Crippen LogP contribution in [0.5, 0.6) is 0 Å². The molecule has 4 rings (SSSR count). The van der Waals surface area contributed by atoms with Crippen LogP contribution in [0.1, 0.15) is 28.4 Å². The lowest BCUT2D eigenvalue weighted by molar-refractivity contribution is -0.137. The number of ether oxygens (including phenoxy) is 1. The van der Waals surface area contributed by atoms with E-state index in [1.165, 1.54) is 0 Å². The van der Waals surface area contributed by atoms with Gasteiger partial charge in [-0.3, -0.25) is 9.69 Å². The van der Waals surface area contributed by atoms with Gasteiger partial charge in [0.15, 0.2) is 0 Å². The van der Waals surface area contributed by atoms with Crippen LogP contribution in [-0.2, 0) is 10.9 Å². The van der Waals surface area contributed by atoms with Gasteiger partial charge in [0.1, 0.15) is 12.4 Å². The molecule has 1 atom stereocenters. The second kappa shape index (κ2) is 9.46. The minimum absolute atomic E-state index is 0. The summed E-state index contributed by atoms with van der Waals surface area (Å²) in [6.07, 6.45) is -3.98. The lowest BCUT2D eigenvalue weighted by Gasteiger charge is -2.36. The number of cyclic esters (lactones) is 1. The third kappa shape index (κ3) is 5.00. The van der Waals surface area contributed by atoms with Crippen molar-refractivity contribution >= 4 is 35.9 Å². The molecule has 2 amide bonds. The van der Waals surface area contributed by atoms with E-state index in [9.17, 15) is 22.8 Å². The van der Waals surface area contributed by atoms with Crippen molar-refractivity contribution in [2.75, 3.05) is 42.6 Å². The first-order valence-corrected chi connectivity index (χ1v) is 10.3. The molecule has 2 saturated heterocycles. The monoisotopic (exact) mass is 484 g/mol. The molecule has 2 aromatic rings. The van der Waals surface area contributed by atoms with Crippen molar-refractivity contribution in [3.63, 3.8) is 0 Å². The molecule has 0 spiro atoms. The summed E-state index contributed by atoms with van der Waals surface area (Å²) < 4.78 is 43.6. The summed E-state index contributed by atoms with van der Waals surface area (Å²) in [6, 6.07) is 7.84. The van der Waals surface area contributed by atoms with Crippen LogP contribution in [0, 0.1) is 6.92 Å². The molecular formula is C22H24ClF3N4O3. The van der Waals surface area contributed by atoms with E-state index in [1.807, 2.05) is 11.8 Å². The van der Waals surface area contributed by atoms with Crippen LogP contribution < -0.4 is 9.80 Å². The Bertz CT molecular complexity index is 1020. The summed E-state index contributed by atoms with van der Waals surface area (Å²) in [6.45, 7) is 5.62. The summed E-state index contributed by atoms with van der Waals surface area (Å²) >= 11 is 0. The Labute approximate surface area is 195 Å². The van der Waals surface area contributed by atoms with Crippen molar-refractivity contribution in [3.05, 3.63) is 53.2 Å². The maximum absolute atomic E-state index is 12.9. The number of aromatic nitrogens is 1. The highest BCUT2D eigenvalue weighted by molar-refractivity contribution is 5.96. The molecule has 2 aliphatic heterocycles. The molecular weight excluding hydrogens is 461 g/mol. The molecule has 3 heterocycles. The normalized spacial score (nSPS) is 18.8. The standard InChI is InChI=1S/C22H23F3N4O3.ClH/c1-14-11-17(22(23,24)25)12-26-19(14)27-7-9-28(10-8-27)20(30)16-3-5-18(6-4-16)29-15(2)13-32-21(29)31;/h3-6,11-12,15H,7-10,13H2,1-2H3;1H. The molecule has 33 heavy (non-hydrogen) atoms. The molecule has 0 saturated carbocycles. The number of hydrogen-bond acceptors (Lipinski definition) is 5. The van der Waals surface area contributed by atoms with Crippen molar-refractivity contribution in [2.24, 2.45) is 0 Å². The number of nitrogens with zero attached hydrogens (tertiary/aromatic N) is 4. The average Bonchev–Trinajstić information content (AvgIpc) is 3.11. The molecule has 178 valence electrons. The molecule has 0 radical (unpaired) electrons. The number of hydrogen-bond donors (Lipinski definition) is 0. The SMILES string of the molecule is Cc1cc(C(F)(F)F)cnc1N1CCN(C(=O)c2ccc(N3C(=O)OCC3C)cc2)CC1.Cl. The zero-order valence-electron chi connectivity index (χ0n) is 18.1. The number of carbonyl (C=O) groups excluding carboxylic acids is 2. The van der Waals surface area contributed by atoms with Crippen LogP contribution in [0.4, 0.5) is 29.5 Å². The van der Waals surface area contributed by atoms with Crippen molar-refractivity contribution in [1.82, 2.24) is 9.88 Å². The number of carbonyl (C=O) groups is 2. The third-order valence-corrected chi connectivity index (χ3v) is 5.72.